The van der Waals surface area contributed by atoms with Crippen molar-refractivity contribution in [2.24, 2.45) is 0 Å². The number of tetrazole rings is 1. The first-order valence-electron chi connectivity index (χ1n) is 9.19. The molecule has 0 atom stereocenters. The third kappa shape index (κ3) is 4.61. The van der Waals surface area contributed by atoms with E-state index in [1.165, 1.54) is 4.31 Å². The van der Waals surface area contributed by atoms with Crippen LogP contribution in [0.2, 0.25) is 0 Å². The van der Waals surface area contributed by atoms with Crippen molar-refractivity contribution in [1.29, 1.82) is 0 Å². The van der Waals surface area contributed by atoms with E-state index >= 15 is 0 Å². The highest BCUT2D eigenvalue weighted by atomic mass is 32.2. The van der Waals surface area contributed by atoms with Crippen LogP contribution in [0.4, 0.5) is 19.1 Å². The number of hydrogen-bond donors (Lipinski definition) is 0. The smallest absolute Gasteiger partial charge is 0.406 e. The largest absolute Gasteiger partial charge is 0.573 e. The van der Waals surface area contributed by atoms with Crippen molar-refractivity contribution in [3.8, 4) is 11.4 Å². The zero-order valence-electron chi connectivity index (χ0n) is 16.0. The van der Waals surface area contributed by atoms with Gasteiger partial charge < -0.3 is 9.64 Å². The molecular weight excluding hydrogens is 437 g/mol. The molecule has 2 aromatic carbocycles. The minimum atomic E-state index is -4.84. The minimum absolute atomic E-state index is 0.107. The number of piperazine rings is 1. The molecule has 31 heavy (non-hydrogen) atoms. The monoisotopic (exact) mass is 454 g/mol. The number of halogens is 3. The lowest BCUT2D eigenvalue weighted by atomic mass is 10.3. The Morgan fingerprint density at radius 3 is 2.16 bits per heavy atom. The molecule has 2 heterocycles. The van der Waals surface area contributed by atoms with Gasteiger partial charge in [0.15, 0.2) is 0 Å². The SMILES string of the molecule is O=S(=O)(c1ccc(OC(F)(F)F)cc1)N1CCN(c2nnnn2-c2ccccc2)CC1. The van der Waals surface area contributed by atoms with Gasteiger partial charge in [-0.1, -0.05) is 23.3 Å². The molecule has 0 N–H and O–H groups in total. The molecule has 1 aliphatic rings. The van der Waals surface area contributed by atoms with Crippen molar-refractivity contribution in [2.45, 2.75) is 11.3 Å². The van der Waals surface area contributed by atoms with Crippen molar-refractivity contribution in [2.75, 3.05) is 31.1 Å². The molecule has 0 radical (unpaired) electrons. The summed E-state index contributed by atoms with van der Waals surface area (Å²) >= 11 is 0. The highest BCUT2D eigenvalue weighted by Crippen LogP contribution is 2.26. The van der Waals surface area contributed by atoms with Crippen molar-refractivity contribution in [3.63, 3.8) is 0 Å². The fourth-order valence-corrected chi connectivity index (χ4v) is 4.63. The number of rotatable bonds is 5. The van der Waals surface area contributed by atoms with E-state index in [1.54, 1.807) is 4.68 Å². The van der Waals surface area contributed by atoms with Crippen LogP contribution in [0, 0.1) is 0 Å². The predicted molar refractivity (Wildman–Crippen MR) is 103 cm³/mol. The quantitative estimate of drug-likeness (QED) is 0.583. The van der Waals surface area contributed by atoms with Crippen LogP contribution in [-0.4, -0.2) is 65.5 Å². The first-order chi connectivity index (χ1) is 14.7. The molecule has 0 saturated carbocycles. The van der Waals surface area contributed by atoms with E-state index in [-0.39, 0.29) is 18.0 Å². The lowest BCUT2D eigenvalue weighted by Crippen LogP contribution is -2.49. The Morgan fingerprint density at radius 2 is 1.55 bits per heavy atom. The summed E-state index contributed by atoms with van der Waals surface area (Å²) in [5.74, 6) is 0.0147. The van der Waals surface area contributed by atoms with E-state index in [1.807, 2.05) is 35.2 Å². The molecule has 164 valence electrons. The maximum Gasteiger partial charge on any atom is 0.573 e. The second-order valence-corrected chi connectivity index (χ2v) is 8.57. The fourth-order valence-electron chi connectivity index (χ4n) is 3.21. The van der Waals surface area contributed by atoms with Crippen molar-refractivity contribution in [3.05, 3.63) is 54.6 Å². The molecule has 0 spiro atoms. The third-order valence-electron chi connectivity index (χ3n) is 4.67. The summed E-state index contributed by atoms with van der Waals surface area (Å²) in [6, 6.07) is 13.4. The number of nitrogens with zero attached hydrogens (tertiary/aromatic N) is 6. The Balaban J connectivity index is 1.45. The lowest BCUT2D eigenvalue weighted by Gasteiger charge is -2.34. The van der Waals surface area contributed by atoms with Crippen LogP contribution in [0.5, 0.6) is 5.75 Å². The zero-order valence-corrected chi connectivity index (χ0v) is 16.8. The second kappa shape index (κ2) is 8.15. The van der Waals surface area contributed by atoms with Crippen LogP contribution < -0.4 is 9.64 Å². The molecule has 1 fully saturated rings. The normalized spacial score (nSPS) is 15.8. The van der Waals surface area contributed by atoms with Crippen LogP contribution in [0.15, 0.2) is 59.5 Å². The van der Waals surface area contributed by atoms with Crippen LogP contribution >= 0.6 is 0 Å². The van der Waals surface area contributed by atoms with Gasteiger partial charge in [0.25, 0.3) is 0 Å². The Bertz CT molecular complexity index is 1130. The van der Waals surface area contributed by atoms with Crippen molar-refractivity contribution in [1.82, 2.24) is 24.5 Å². The number of para-hydroxylation sites is 1. The standard InChI is InChI=1S/C18H17F3N6O3S/c19-18(20,21)30-15-6-8-16(9-7-15)31(28,29)26-12-10-25(11-13-26)17-22-23-24-27(17)14-4-2-1-3-5-14/h1-9H,10-13H2. The minimum Gasteiger partial charge on any atom is -0.406 e. The van der Waals surface area contributed by atoms with Crippen LogP contribution in [0.3, 0.4) is 0 Å². The van der Waals surface area contributed by atoms with Gasteiger partial charge in [-0.15, -0.1) is 13.2 Å². The van der Waals surface area contributed by atoms with E-state index in [0.717, 1.165) is 30.0 Å². The maximum absolute atomic E-state index is 12.9. The first kappa shape index (κ1) is 21.1. The number of ether oxygens (including phenoxy) is 1. The van der Waals surface area contributed by atoms with Gasteiger partial charge in [0.1, 0.15) is 5.75 Å². The summed E-state index contributed by atoms with van der Waals surface area (Å²) in [4.78, 5) is 1.77. The number of benzene rings is 2. The van der Waals surface area contributed by atoms with Gasteiger partial charge in [-0.25, -0.2) is 8.42 Å². The molecule has 13 heteroatoms. The summed E-state index contributed by atoms with van der Waals surface area (Å²) in [5.41, 5.74) is 0.777. The van der Waals surface area contributed by atoms with E-state index in [9.17, 15) is 21.6 Å². The number of anilines is 1. The highest BCUT2D eigenvalue weighted by Gasteiger charge is 2.32. The fraction of sp³-hybridized carbons (Fsp3) is 0.278. The molecule has 0 bridgehead atoms. The van der Waals surface area contributed by atoms with E-state index < -0.39 is 22.1 Å². The van der Waals surface area contributed by atoms with Gasteiger partial charge in [0.05, 0.1) is 10.6 Å². The highest BCUT2D eigenvalue weighted by molar-refractivity contribution is 7.89. The van der Waals surface area contributed by atoms with Gasteiger partial charge >= 0.3 is 6.36 Å². The first-order valence-corrected chi connectivity index (χ1v) is 10.6. The Kier molecular flexibility index (Phi) is 5.54. The molecule has 1 saturated heterocycles. The summed E-state index contributed by atoms with van der Waals surface area (Å²) < 4.78 is 69.2. The summed E-state index contributed by atoms with van der Waals surface area (Å²) in [6.07, 6.45) is -4.84. The number of alkyl halides is 3. The van der Waals surface area contributed by atoms with Gasteiger partial charge in [-0.3, -0.25) is 0 Å². The van der Waals surface area contributed by atoms with E-state index in [4.69, 9.17) is 0 Å². The Morgan fingerprint density at radius 1 is 0.903 bits per heavy atom. The molecule has 0 amide bonds. The third-order valence-corrected chi connectivity index (χ3v) is 6.58. The molecule has 9 nitrogen and oxygen atoms in total. The maximum atomic E-state index is 12.9. The number of sulfonamides is 1. The van der Waals surface area contributed by atoms with Crippen LogP contribution in [0.1, 0.15) is 0 Å². The van der Waals surface area contributed by atoms with Crippen LogP contribution in [-0.2, 0) is 10.0 Å². The Hall–Kier alpha value is -3.19. The molecule has 0 unspecified atom stereocenters. The molecule has 1 aromatic heterocycles. The molecular formula is C18H17F3N6O3S. The van der Waals surface area contributed by atoms with Gasteiger partial charge in [-0.2, -0.15) is 8.99 Å². The average Bonchev–Trinajstić information content (AvgIpc) is 3.24. The van der Waals surface area contributed by atoms with E-state index in [0.29, 0.717) is 19.0 Å². The van der Waals surface area contributed by atoms with Crippen molar-refractivity contribution < 1.29 is 26.3 Å². The van der Waals surface area contributed by atoms with Gasteiger partial charge in [0, 0.05) is 26.2 Å². The topological polar surface area (TPSA) is 93.5 Å². The van der Waals surface area contributed by atoms with Gasteiger partial charge in [0.2, 0.25) is 16.0 Å². The summed E-state index contributed by atoms with van der Waals surface area (Å²) in [6.45, 7) is 1.04. The number of aromatic nitrogens is 4. The number of hydrogen-bond acceptors (Lipinski definition) is 7. The predicted octanol–water partition coefficient (Wildman–Crippen LogP) is 2.07. The zero-order chi connectivity index (χ0) is 22.1. The van der Waals surface area contributed by atoms with Gasteiger partial charge in [-0.05, 0) is 46.8 Å². The van der Waals surface area contributed by atoms with Crippen molar-refractivity contribution >= 4 is 16.0 Å². The molecule has 0 aliphatic carbocycles. The summed E-state index contributed by atoms with van der Waals surface area (Å²) in [5, 5.41) is 11.8. The second-order valence-electron chi connectivity index (χ2n) is 6.64. The van der Waals surface area contributed by atoms with Crippen LogP contribution in [0.25, 0.3) is 5.69 Å². The summed E-state index contributed by atoms with van der Waals surface area (Å²) in [7, 11) is -3.87. The lowest BCUT2D eigenvalue weighted by molar-refractivity contribution is -0.274. The average molecular weight is 454 g/mol. The molecule has 1 aliphatic heterocycles. The van der Waals surface area contributed by atoms with E-state index in [2.05, 4.69) is 20.3 Å². The molecule has 3 aromatic rings. The Labute approximate surface area is 175 Å². The molecule has 4 rings (SSSR count).